The van der Waals surface area contributed by atoms with Crippen molar-refractivity contribution < 1.29 is 4.42 Å². The summed E-state index contributed by atoms with van der Waals surface area (Å²) in [6, 6.07) is 2.05. The molecule has 1 aromatic heterocycles. The van der Waals surface area contributed by atoms with Crippen LogP contribution in [0.5, 0.6) is 0 Å². The van der Waals surface area contributed by atoms with E-state index in [0.29, 0.717) is 5.41 Å². The maximum atomic E-state index is 6.19. The highest BCUT2D eigenvalue weighted by Crippen LogP contribution is 2.44. The lowest BCUT2D eigenvalue weighted by molar-refractivity contribution is 0.0277. The van der Waals surface area contributed by atoms with Gasteiger partial charge < -0.3 is 10.2 Å². The fraction of sp³-hybridized carbons (Fsp3) is 0.778. The molecule has 1 fully saturated rings. The van der Waals surface area contributed by atoms with Crippen LogP contribution < -0.4 is 5.73 Å². The standard InChI is InChI=1S/C18H32N2O/c1-5-17(2,3)16-6-9-18(14-19,10-7-16)20(4)12-15-8-11-21-13-15/h8,11,13,16H,5-7,9-10,12,14,19H2,1-4H3. The van der Waals surface area contributed by atoms with Gasteiger partial charge in [-0.1, -0.05) is 27.2 Å². The van der Waals surface area contributed by atoms with Gasteiger partial charge >= 0.3 is 0 Å². The molecule has 0 aromatic carbocycles. The summed E-state index contributed by atoms with van der Waals surface area (Å²) in [6.07, 6.45) is 9.88. The zero-order valence-corrected chi connectivity index (χ0v) is 14.2. The number of furan rings is 1. The molecule has 0 aliphatic heterocycles. The lowest BCUT2D eigenvalue weighted by Crippen LogP contribution is -2.54. The van der Waals surface area contributed by atoms with Crippen LogP contribution in [0.15, 0.2) is 23.0 Å². The molecule has 1 aliphatic rings. The first-order chi connectivity index (χ1) is 9.93. The van der Waals surface area contributed by atoms with Crippen LogP contribution in [0.1, 0.15) is 58.4 Å². The Labute approximate surface area is 129 Å². The topological polar surface area (TPSA) is 42.4 Å². The molecule has 1 saturated carbocycles. The molecule has 0 atom stereocenters. The molecule has 3 nitrogen and oxygen atoms in total. The van der Waals surface area contributed by atoms with E-state index >= 15 is 0 Å². The summed E-state index contributed by atoms with van der Waals surface area (Å²) < 4.78 is 5.19. The Bertz CT molecular complexity index is 416. The molecule has 2 rings (SSSR count). The molecule has 120 valence electrons. The molecule has 21 heavy (non-hydrogen) atoms. The molecule has 0 bridgehead atoms. The summed E-state index contributed by atoms with van der Waals surface area (Å²) in [4.78, 5) is 2.45. The molecule has 2 N–H and O–H groups in total. The van der Waals surface area contributed by atoms with Crippen molar-refractivity contribution in [2.24, 2.45) is 17.1 Å². The number of likely N-dealkylation sites (N-methyl/N-ethyl adjacent to an activating group) is 1. The summed E-state index contributed by atoms with van der Waals surface area (Å²) in [5, 5.41) is 0. The highest BCUT2D eigenvalue weighted by atomic mass is 16.3. The largest absolute Gasteiger partial charge is 0.472 e. The van der Waals surface area contributed by atoms with E-state index in [1.807, 2.05) is 12.3 Å². The molecule has 1 aromatic rings. The number of nitrogens with two attached hydrogens (primary N) is 1. The fourth-order valence-electron chi connectivity index (χ4n) is 3.79. The number of hydrogen-bond acceptors (Lipinski definition) is 3. The van der Waals surface area contributed by atoms with E-state index in [9.17, 15) is 0 Å². The molecular formula is C18H32N2O. The molecule has 1 aliphatic carbocycles. The molecule has 0 unspecified atom stereocenters. The highest BCUT2D eigenvalue weighted by Gasteiger charge is 2.41. The zero-order chi connectivity index (χ0) is 15.5. The van der Waals surface area contributed by atoms with Crippen LogP contribution in [-0.4, -0.2) is 24.0 Å². The third kappa shape index (κ3) is 3.51. The van der Waals surface area contributed by atoms with Crippen molar-refractivity contribution in [3.8, 4) is 0 Å². The average molecular weight is 292 g/mol. The third-order valence-corrected chi connectivity index (χ3v) is 6.12. The van der Waals surface area contributed by atoms with Crippen molar-refractivity contribution >= 4 is 0 Å². The molecule has 0 saturated heterocycles. The second-order valence-electron chi connectivity index (χ2n) is 7.53. The quantitative estimate of drug-likeness (QED) is 0.860. The minimum Gasteiger partial charge on any atom is -0.472 e. The highest BCUT2D eigenvalue weighted by molar-refractivity contribution is 5.07. The second-order valence-corrected chi connectivity index (χ2v) is 7.53. The van der Waals surface area contributed by atoms with E-state index in [4.69, 9.17) is 10.2 Å². The summed E-state index contributed by atoms with van der Waals surface area (Å²) >= 11 is 0. The maximum Gasteiger partial charge on any atom is 0.0947 e. The summed E-state index contributed by atoms with van der Waals surface area (Å²) in [7, 11) is 2.21. The van der Waals surface area contributed by atoms with Crippen LogP contribution in [0.3, 0.4) is 0 Å². The molecule has 0 radical (unpaired) electrons. The monoisotopic (exact) mass is 292 g/mol. The molecule has 0 amide bonds. The van der Waals surface area contributed by atoms with Gasteiger partial charge in [-0.15, -0.1) is 0 Å². The predicted molar refractivity (Wildman–Crippen MR) is 88.0 cm³/mol. The molecule has 3 heteroatoms. The Hall–Kier alpha value is -0.800. The first kappa shape index (κ1) is 16.6. The molecular weight excluding hydrogens is 260 g/mol. The Morgan fingerprint density at radius 2 is 2.05 bits per heavy atom. The average Bonchev–Trinajstić information content (AvgIpc) is 3.00. The van der Waals surface area contributed by atoms with Crippen LogP contribution in [0.4, 0.5) is 0 Å². The van der Waals surface area contributed by atoms with Gasteiger partial charge in [-0.05, 0) is 50.1 Å². The summed E-state index contributed by atoms with van der Waals surface area (Å²) in [5.74, 6) is 0.838. The van der Waals surface area contributed by atoms with Gasteiger partial charge in [-0.3, -0.25) is 4.90 Å². The first-order valence-electron chi connectivity index (χ1n) is 8.36. The predicted octanol–water partition coefficient (Wildman–Crippen LogP) is 4.04. The van der Waals surface area contributed by atoms with E-state index in [1.54, 1.807) is 6.26 Å². The van der Waals surface area contributed by atoms with Gasteiger partial charge in [0, 0.05) is 24.2 Å². The van der Waals surface area contributed by atoms with E-state index in [1.165, 1.54) is 37.7 Å². The van der Waals surface area contributed by atoms with Crippen molar-refractivity contribution in [2.75, 3.05) is 13.6 Å². The van der Waals surface area contributed by atoms with Crippen molar-refractivity contribution in [1.82, 2.24) is 4.90 Å². The van der Waals surface area contributed by atoms with Gasteiger partial charge in [0.1, 0.15) is 0 Å². The van der Waals surface area contributed by atoms with Gasteiger partial charge in [0.15, 0.2) is 0 Å². The minimum atomic E-state index is 0.164. The lowest BCUT2D eigenvalue weighted by Gasteiger charge is -2.49. The SMILES string of the molecule is CCC(C)(C)C1CCC(CN)(N(C)Cc2ccoc2)CC1. The maximum absolute atomic E-state index is 6.19. The van der Waals surface area contributed by atoms with Crippen LogP contribution in [-0.2, 0) is 6.54 Å². The third-order valence-electron chi connectivity index (χ3n) is 6.12. The second kappa shape index (κ2) is 6.53. The van der Waals surface area contributed by atoms with Gasteiger partial charge in [-0.25, -0.2) is 0 Å². The van der Waals surface area contributed by atoms with Crippen LogP contribution in [0, 0.1) is 11.3 Å². The Kier molecular flexibility index (Phi) is 5.15. The van der Waals surface area contributed by atoms with Crippen LogP contribution >= 0.6 is 0 Å². The number of nitrogens with zero attached hydrogens (tertiary/aromatic N) is 1. The van der Waals surface area contributed by atoms with E-state index in [-0.39, 0.29) is 5.54 Å². The van der Waals surface area contributed by atoms with Gasteiger partial charge in [0.05, 0.1) is 12.5 Å². The van der Waals surface area contributed by atoms with E-state index in [0.717, 1.165) is 19.0 Å². The Morgan fingerprint density at radius 3 is 2.52 bits per heavy atom. The Morgan fingerprint density at radius 1 is 1.38 bits per heavy atom. The van der Waals surface area contributed by atoms with Crippen LogP contribution in [0.25, 0.3) is 0 Å². The smallest absolute Gasteiger partial charge is 0.0947 e. The van der Waals surface area contributed by atoms with Gasteiger partial charge in [0.25, 0.3) is 0 Å². The fourth-order valence-corrected chi connectivity index (χ4v) is 3.79. The van der Waals surface area contributed by atoms with Crippen molar-refractivity contribution in [3.63, 3.8) is 0 Å². The van der Waals surface area contributed by atoms with Gasteiger partial charge in [-0.2, -0.15) is 0 Å². The van der Waals surface area contributed by atoms with Crippen molar-refractivity contribution in [1.29, 1.82) is 0 Å². The van der Waals surface area contributed by atoms with Crippen molar-refractivity contribution in [2.45, 2.75) is 65.0 Å². The minimum absolute atomic E-state index is 0.164. The zero-order valence-electron chi connectivity index (χ0n) is 14.2. The normalized spacial score (nSPS) is 27.2. The van der Waals surface area contributed by atoms with Crippen LogP contribution in [0.2, 0.25) is 0 Å². The Balaban J connectivity index is 2.00. The van der Waals surface area contributed by atoms with Gasteiger partial charge in [0.2, 0.25) is 0 Å². The van der Waals surface area contributed by atoms with Crippen molar-refractivity contribution in [3.05, 3.63) is 24.2 Å². The van der Waals surface area contributed by atoms with E-state index in [2.05, 4.69) is 32.7 Å². The number of rotatable bonds is 6. The summed E-state index contributed by atoms with van der Waals surface area (Å²) in [6.45, 7) is 8.83. The molecule has 0 spiro atoms. The first-order valence-corrected chi connectivity index (χ1v) is 8.36. The summed E-state index contributed by atoms with van der Waals surface area (Å²) in [5.41, 5.74) is 8.05. The molecule has 1 heterocycles. The lowest BCUT2D eigenvalue weighted by atomic mass is 9.65. The number of hydrogen-bond donors (Lipinski definition) is 1. The van der Waals surface area contributed by atoms with E-state index < -0.39 is 0 Å².